The van der Waals surface area contributed by atoms with Crippen LogP contribution in [-0.4, -0.2) is 24.9 Å². The molecule has 70 valence electrons. The van der Waals surface area contributed by atoms with Gasteiger partial charge in [-0.15, -0.1) is 0 Å². The average molecular weight is 170 g/mol. The molecule has 0 heterocycles. The molecule has 0 unspecified atom stereocenters. The van der Waals surface area contributed by atoms with Crippen LogP contribution in [0.2, 0.25) is 0 Å². The van der Waals surface area contributed by atoms with E-state index < -0.39 is 0 Å². The fourth-order valence-electron chi connectivity index (χ4n) is 0.825. The number of aliphatic hydroxyl groups excluding tert-OH is 1. The minimum Gasteiger partial charge on any atom is -0.394 e. The van der Waals surface area contributed by atoms with Crippen molar-refractivity contribution in [2.45, 2.75) is 19.3 Å². The number of hydrogen-bond acceptors (Lipinski definition) is 2. The summed E-state index contributed by atoms with van der Waals surface area (Å²) in [5.74, 6) is 0. The lowest BCUT2D eigenvalue weighted by molar-refractivity contribution is 0.0900. The van der Waals surface area contributed by atoms with Gasteiger partial charge < -0.3 is 9.84 Å². The van der Waals surface area contributed by atoms with Gasteiger partial charge in [0.2, 0.25) is 0 Å². The van der Waals surface area contributed by atoms with Crippen molar-refractivity contribution < 1.29 is 9.84 Å². The van der Waals surface area contributed by atoms with Crippen molar-refractivity contribution in [3.63, 3.8) is 0 Å². The Labute approximate surface area is 74.6 Å². The van der Waals surface area contributed by atoms with Gasteiger partial charge in [-0.3, -0.25) is 0 Å². The van der Waals surface area contributed by atoms with Crippen molar-refractivity contribution in [2.24, 2.45) is 0 Å². The molecular weight excluding hydrogens is 152 g/mol. The van der Waals surface area contributed by atoms with Crippen LogP contribution < -0.4 is 0 Å². The minimum atomic E-state index is 0.121. The molecule has 1 N–H and O–H groups in total. The molecular formula is C10H18O2. The lowest BCUT2D eigenvalue weighted by Crippen LogP contribution is -2.00. The van der Waals surface area contributed by atoms with E-state index in [0.29, 0.717) is 6.61 Å². The number of allylic oxidation sites excluding steroid dienone is 3. The predicted molar refractivity (Wildman–Crippen MR) is 51.1 cm³/mol. The van der Waals surface area contributed by atoms with E-state index in [1.807, 2.05) is 6.08 Å². The third kappa shape index (κ3) is 9.40. The Morgan fingerprint density at radius 3 is 2.75 bits per heavy atom. The minimum absolute atomic E-state index is 0.121. The zero-order valence-corrected chi connectivity index (χ0v) is 7.54. The van der Waals surface area contributed by atoms with Gasteiger partial charge in [-0.05, 0) is 19.3 Å². The molecule has 0 saturated carbocycles. The number of ether oxygens (including phenoxy) is 1. The van der Waals surface area contributed by atoms with Gasteiger partial charge in [0.25, 0.3) is 0 Å². The Balaban J connectivity index is 2.90. The van der Waals surface area contributed by atoms with Crippen LogP contribution in [0.1, 0.15) is 19.3 Å². The first kappa shape index (κ1) is 11.4. The SMILES string of the molecule is C=CC=CCCCCOCCO. The molecule has 0 aromatic heterocycles. The molecule has 2 nitrogen and oxygen atoms in total. The summed E-state index contributed by atoms with van der Waals surface area (Å²) in [6, 6.07) is 0. The van der Waals surface area contributed by atoms with Crippen LogP contribution in [0.15, 0.2) is 24.8 Å². The van der Waals surface area contributed by atoms with Gasteiger partial charge in [0, 0.05) is 6.61 Å². The highest BCUT2D eigenvalue weighted by Crippen LogP contribution is 1.96. The molecule has 12 heavy (non-hydrogen) atoms. The lowest BCUT2D eigenvalue weighted by Gasteiger charge is -1.99. The third-order valence-electron chi connectivity index (χ3n) is 1.42. The summed E-state index contributed by atoms with van der Waals surface area (Å²) >= 11 is 0. The first-order chi connectivity index (χ1) is 5.91. The Morgan fingerprint density at radius 2 is 2.08 bits per heavy atom. The van der Waals surface area contributed by atoms with Gasteiger partial charge in [-0.1, -0.05) is 24.8 Å². The average Bonchev–Trinajstić information content (AvgIpc) is 2.10. The van der Waals surface area contributed by atoms with Gasteiger partial charge in [0.15, 0.2) is 0 Å². The van der Waals surface area contributed by atoms with E-state index in [1.165, 1.54) is 0 Å². The maximum atomic E-state index is 8.39. The van der Waals surface area contributed by atoms with E-state index in [1.54, 1.807) is 6.08 Å². The van der Waals surface area contributed by atoms with Crippen molar-refractivity contribution in [1.82, 2.24) is 0 Å². The zero-order valence-electron chi connectivity index (χ0n) is 7.54. The predicted octanol–water partition coefficient (Wildman–Crippen LogP) is 1.91. The first-order valence-electron chi connectivity index (χ1n) is 4.38. The summed E-state index contributed by atoms with van der Waals surface area (Å²) in [7, 11) is 0. The maximum Gasteiger partial charge on any atom is 0.0697 e. The van der Waals surface area contributed by atoms with Crippen LogP contribution >= 0.6 is 0 Å². The molecule has 0 aliphatic carbocycles. The third-order valence-corrected chi connectivity index (χ3v) is 1.42. The van der Waals surface area contributed by atoms with E-state index in [4.69, 9.17) is 9.84 Å². The van der Waals surface area contributed by atoms with Crippen molar-refractivity contribution in [2.75, 3.05) is 19.8 Å². The lowest BCUT2D eigenvalue weighted by atomic mass is 10.2. The second kappa shape index (κ2) is 10.4. The Hall–Kier alpha value is -0.600. The summed E-state index contributed by atoms with van der Waals surface area (Å²) in [6.07, 6.45) is 9.10. The van der Waals surface area contributed by atoms with Crippen LogP contribution in [0.4, 0.5) is 0 Å². The monoisotopic (exact) mass is 170 g/mol. The second-order valence-electron chi connectivity index (χ2n) is 2.50. The highest BCUT2D eigenvalue weighted by Gasteiger charge is 1.86. The summed E-state index contributed by atoms with van der Waals surface area (Å²) in [6.45, 7) is 4.91. The normalized spacial score (nSPS) is 10.8. The van der Waals surface area contributed by atoms with Gasteiger partial charge in [-0.2, -0.15) is 0 Å². The van der Waals surface area contributed by atoms with Gasteiger partial charge in [0.05, 0.1) is 13.2 Å². The highest BCUT2D eigenvalue weighted by atomic mass is 16.5. The van der Waals surface area contributed by atoms with Crippen molar-refractivity contribution in [3.8, 4) is 0 Å². The van der Waals surface area contributed by atoms with Crippen LogP contribution in [-0.2, 0) is 4.74 Å². The fraction of sp³-hybridized carbons (Fsp3) is 0.600. The van der Waals surface area contributed by atoms with Crippen LogP contribution in [0, 0.1) is 0 Å². The van der Waals surface area contributed by atoms with Gasteiger partial charge >= 0.3 is 0 Å². The quantitative estimate of drug-likeness (QED) is 0.445. The van der Waals surface area contributed by atoms with Gasteiger partial charge in [-0.25, -0.2) is 0 Å². The zero-order chi connectivity index (χ0) is 9.07. The molecule has 0 spiro atoms. The summed E-state index contributed by atoms with van der Waals surface area (Å²) < 4.78 is 5.10. The molecule has 0 atom stereocenters. The Bertz CT molecular complexity index is 119. The molecule has 0 rings (SSSR count). The van der Waals surface area contributed by atoms with Crippen molar-refractivity contribution >= 4 is 0 Å². The summed E-state index contributed by atoms with van der Waals surface area (Å²) in [5.41, 5.74) is 0. The largest absolute Gasteiger partial charge is 0.394 e. The molecule has 0 bridgehead atoms. The molecule has 0 aliphatic heterocycles. The molecule has 0 fully saturated rings. The Kier molecular flexibility index (Phi) is 9.88. The number of hydrogen-bond donors (Lipinski definition) is 1. The number of aliphatic hydroxyl groups is 1. The van der Waals surface area contributed by atoms with E-state index >= 15 is 0 Å². The second-order valence-corrected chi connectivity index (χ2v) is 2.50. The maximum absolute atomic E-state index is 8.39. The van der Waals surface area contributed by atoms with E-state index in [-0.39, 0.29) is 6.61 Å². The highest BCUT2D eigenvalue weighted by molar-refractivity contribution is 4.96. The van der Waals surface area contributed by atoms with Crippen molar-refractivity contribution in [3.05, 3.63) is 24.8 Å². The molecule has 0 aliphatic rings. The standard InChI is InChI=1S/C10H18O2/c1-2-3-4-5-6-7-9-12-10-8-11/h2-4,11H,1,5-10H2. The number of rotatable bonds is 8. The smallest absolute Gasteiger partial charge is 0.0697 e. The molecule has 0 radical (unpaired) electrons. The van der Waals surface area contributed by atoms with E-state index in [9.17, 15) is 0 Å². The van der Waals surface area contributed by atoms with Crippen molar-refractivity contribution in [1.29, 1.82) is 0 Å². The molecule has 2 heteroatoms. The molecule has 0 aromatic carbocycles. The van der Waals surface area contributed by atoms with E-state index in [2.05, 4.69) is 12.7 Å². The molecule has 0 aromatic rings. The Morgan fingerprint density at radius 1 is 1.25 bits per heavy atom. The topological polar surface area (TPSA) is 29.5 Å². The van der Waals surface area contributed by atoms with Crippen LogP contribution in [0.25, 0.3) is 0 Å². The van der Waals surface area contributed by atoms with Crippen LogP contribution in [0.3, 0.4) is 0 Å². The van der Waals surface area contributed by atoms with Crippen LogP contribution in [0.5, 0.6) is 0 Å². The number of unbranched alkanes of at least 4 members (excludes halogenated alkanes) is 2. The summed E-state index contributed by atoms with van der Waals surface area (Å²) in [4.78, 5) is 0. The molecule has 0 amide bonds. The summed E-state index contributed by atoms with van der Waals surface area (Å²) in [5, 5.41) is 8.39. The fourth-order valence-corrected chi connectivity index (χ4v) is 0.825. The van der Waals surface area contributed by atoms with E-state index in [0.717, 1.165) is 25.9 Å². The molecule has 0 saturated heterocycles. The first-order valence-corrected chi connectivity index (χ1v) is 4.38. The van der Waals surface area contributed by atoms with Gasteiger partial charge in [0.1, 0.15) is 0 Å².